The van der Waals surface area contributed by atoms with Crippen molar-refractivity contribution in [2.24, 2.45) is 0 Å². The average Bonchev–Trinajstić information content (AvgIpc) is 2.54. The fraction of sp³-hybridized carbons (Fsp3) is 0.385. The highest BCUT2D eigenvalue weighted by Crippen LogP contribution is 2.23. The van der Waals surface area contributed by atoms with E-state index in [0.29, 0.717) is 37.0 Å². The van der Waals surface area contributed by atoms with E-state index in [1.54, 1.807) is 0 Å². The molecule has 1 aliphatic rings. The lowest BCUT2D eigenvalue weighted by atomic mass is 10.2. The Morgan fingerprint density at radius 1 is 1.23 bits per heavy atom. The number of nitro groups is 1. The van der Waals surface area contributed by atoms with Crippen LogP contribution in [0, 0.1) is 10.1 Å². The molecule has 9 heteroatoms. The molecule has 0 unspecified atom stereocenters. The second-order valence-electron chi connectivity index (χ2n) is 5.13. The van der Waals surface area contributed by atoms with Crippen molar-refractivity contribution in [2.45, 2.75) is 23.1 Å². The SMILES string of the molecule is O=[N+]([O-])c1ccc2nc(S(=O)(=O)C3CCNCC3)cnc2c1. The maximum Gasteiger partial charge on any atom is 0.271 e. The molecule has 1 aliphatic heterocycles. The average molecular weight is 322 g/mol. The van der Waals surface area contributed by atoms with Crippen LogP contribution in [0.3, 0.4) is 0 Å². The predicted octanol–water partition coefficient (Wildman–Crippen LogP) is 1.06. The van der Waals surface area contributed by atoms with Gasteiger partial charge in [0.25, 0.3) is 5.69 Å². The summed E-state index contributed by atoms with van der Waals surface area (Å²) in [5.41, 5.74) is 0.537. The molecule has 8 nitrogen and oxygen atoms in total. The van der Waals surface area contributed by atoms with Gasteiger partial charge in [-0.15, -0.1) is 0 Å². The molecule has 2 aromatic rings. The summed E-state index contributed by atoms with van der Waals surface area (Å²) >= 11 is 0. The van der Waals surface area contributed by atoms with Gasteiger partial charge in [-0.3, -0.25) is 15.1 Å². The molecule has 0 atom stereocenters. The molecule has 116 valence electrons. The van der Waals surface area contributed by atoms with Gasteiger partial charge in [0.05, 0.1) is 27.4 Å². The van der Waals surface area contributed by atoms with Gasteiger partial charge in [0.2, 0.25) is 0 Å². The number of hydrogen-bond acceptors (Lipinski definition) is 7. The minimum Gasteiger partial charge on any atom is -0.317 e. The van der Waals surface area contributed by atoms with Crippen LogP contribution in [0.15, 0.2) is 29.4 Å². The summed E-state index contributed by atoms with van der Waals surface area (Å²) in [5, 5.41) is 13.3. The third-order valence-corrected chi connectivity index (χ3v) is 5.86. The van der Waals surface area contributed by atoms with Crippen LogP contribution in [0.1, 0.15) is 12.8 Å². The van der Waals surface area contributed by atoms with Crippen LogP contribution >= 0.6 is 0 Å². The first kappa shape index (κ1) is 14.8. The summed E-state index contributed by atoms with van der Waals surface area (Å²) in [4.78, 5) is 18.4. The van der Waals surface area contributed by atoms with E-state index in [4.69, 9.17) is 0 Å². The molecule has 1 aromatic heterocycles. The Bertz CT molecular complexity index is 831. The summed E-state index contributed by atoms with van der Waals surface area (Å²) in [5.74, 6) is 0. The zero-order valence-electron chi connectivity index (χ0n) is 11.6. The minimum absolute atomic E-state index is 0.0687. The highest BCUT2D eigenvalue weighted by Gasteiger charge is 2.30. The predicted molar refractivity (Wildman–Crippen MR) is 79.3 cm³/mol. The van der Waals surface area contributed by atoms with Crippen molar-refractivity contribution in [1.82, 2.24) is 15.3 Å². The molecule has 0 radical (unpaired) electrons. The lowest BCUT2D eigenvalue weighted by molar-refractivity contribution is -0.384. The van der Waals surface area contributed by atoms with Crippen LogP contribution in [0.5, 0.6) is 0 Å². The van der Waals surface area contributed by atoms with E-state index >= 15 is 0 Å². The van der Waals surface area contributed by atoms with E-state index in [1.165, 1.54) is 24.4 Å². The molecule has 0 bridgehead atoms. The van der Waals surface area contributed by atoms with Gasteiger partial charge in [0.15, 0.2) is 14.9 Å². The monoisotopic (exact) mass is 322 g/mol. The molecule has 1 saturated heterocycles. The first-order chi connectivity index (χ1) is 10.5. The highest BCUT2D eigenvalue weighted by atomic mass is 32.2. The van der Waals surface area contributed by atoms with Crippen molar-refractivity contribution >= 4 is 26.6 Å². The van der Waals surface area contributed by atoms with Crippen LogP contribution in [0.2, 0.25) is 0 Å². The Hall–Kier alpha value is -2.13. The first-order valence-corrected chi connectivity index (χ1v) is 8.39. The molecule has 1 fully saturated rings. The zero-order chi connectivity index (χ0) is 15.7. The van der Waals surface area contributed by atoms with Gasteiger partial charge in [-0.25, -0.2) is 13.4 Å². The second kappa shape index (κ2) is 5.58. The van der Waals surface area contributed by atoms with Crippen molar-refractivity contribution < 1.29 is 13.3 Å². The van der Waals surface area contributed by atoms with Crippen molar-refractivity contribution in [3.8, 4) is 0 Å². The Morgan fingerprint density at radius 2 is 1.95 bits per heavy atom. The minimum atomic E-state index is -3.53. The van der Waals surface area contributed by atoms with Gasteiger partial charge in [0, 0.05) is 12.1 Å². The molecule has 0 amide bonds. The van der Waals surface area contributed by atoms with Gasteiger partial charge in [-0.1, -0.05) is 0 Å². The van der Waals surface area contributed by atoms with Gasteiger partial charge in [-0.2, -0.15) is 0 Å². The topological polar surface area (TPSA) is 115 Å². The Balaban J connectivity index is 2.01. The number of benzene rings is 1. The lowest BCUT2D eigenvalue weighted by Gasteiger charge is -2.22. The van der Waals surface area contributed by atoms with Crippen molar-refractivity contribution in [2.75, 3.05) is 13.1 Å². The number of nitro benzene ring substituents is 1. The quantitative estimate of drug-likeness (QED) is 0.663. The Labute approximate surface area is 126 Å². The molecule has 1 N–H and O–H groups in total. The van der Waals surface area contributed by atoms with Crippen molar-refractivity contribution in [3.05, 3.63) is 34.5 Å². The van der Waals surface area contributed by atoms with Gasteiger partial charge >= 0.3 is 0 Å². The highest BCUT2D eigenvalue weighted by molar-refractivity contribution is 7.92. The number of hydrogen-bond donors (Lipinski definition) is 1. The van der Waals surface area contributed by atoms with Crippen LogP contribution < -0.4 is 5.32 Å². The van der Waals surface area contributed by atoms with E-state index in [-0.39, 0.29) is 10.7 Å². The molecule has 1 aromatic carbocycles. The van der Waals surface area contributed by atoms with E-state index < -0.39 is 20.0 Å². The number of sulfone groups is 1. The first-order valence-electron chi connectivity index (χ1n) is 6.84. The van der Waals surface area contributed by atoms with Gasteiger partial charge in [0.1, 0.15) is 0 Å². The number of rotatable bonds is 3. The third kappa shape index (κ3) is 2.64. The maximum atomic E-state index is 12.6. The molecule has 0 aliphatic carbocycles. The smallest absolute Gasteiger partial charge is 0.271 e. The fourth-order valence-electron chi connectivity index (χ4n) is 2.51. The van der Waals surface area contributed by atoms with E-state index in [1.807, 2.05) is 0 Å². The van der Waals surface area contributed by atoms with Gasteiger partial charge in [-0.05, 0) is 32.0 Å². The summed E-state index contributed by atoms with van der Waals surface area (Å²) < 4.78 is 25.1. The largest absolute Gasteiger partial charge is 0.317 e. The maximum absolute atomic E-state index is 12.6. The Kier molecular flexibility index (Phi) is 3.75. The third-order valence-electron chi connectivity index (χ3n) is 3.73. The summed E-state index contributed by atoms with van der Waals surface area (Å²) in [6.07, 6.45) is 2.27. The molecule has 0 spiro atoms. The van der Waals surface area contributed by atoms with E-state index in [9.17, 15) is 18.5 Å². The van der Waals surface area contributed by atoms with Crippen LogP contribution in [-0.2, 0) is 9.84 Å². The summed E-state index contributed by atoms with van der Waals surface area (Å²) in [7, 11) is -3.53. The van der Waals surface area contributed by atoms with E-state index in [2.05, 4.69) is 15.3 Å². The van der Waals surface area contributed by atoms with Crippen molar-refractivity contribution in [1.29, 1.82) is 0 Å². The number of nitrogens with zero attached hydrogens (tertiary/aromatic N) is 3. The molecular weight excluding hydrogens is 308 g/mol. The normalized spacial score (nSPS) is 16.7. The molecule has 22 heavy (non-hydrogen) atoms. The number of nitrogens with one attached hydrogen (secondary N) is 1. The van der Waals surface area contributed by atoms with Crippen LogP contribution in [0.25, 0.3) is 11.0 Å². The second-order valence-corrected chi connectivity index (χ2v) is 7.31. The standard InChI is InChI=1S/C13H14N4O4S/c18-17(19)9-1-2-11-12(7-9)15-8-13(16-11)22(20,21)10-3-5-14-6-4-10/h1-2,7-8,10,14H,3-6H2. The van der Waals surface area contributed by atoms with Gasteiger partial charge < -0.3 is 5.32 Å². The van der Waals surface area contributed by atoms with Crippen molar-refractivity contribution in [3.63, 3.8) is 0 Å². The van der Waals surface area contributed by atoms with Crippen LogP contribution in [-0.4, -0.2) is 41.6 Å². The number of aromatic nitrogens is 2. The molecule has 0 saturated carbocycles. The van der Waals surface area contributed by atoms with Crippen LogP contribution in [0.4, 0.5) is 5.69 Å². The fourth-order valence-corrected chi connectivity index (χ4v) is 4.13. The van der Waals surface area contributed by atoms with E-state index in [0.717, 1.165) is 0 Å². The number of piperidine rings is 1. The summed E-state index contributed by atoms with van der Waals surface area (Å²) in [6.45, 7) is 1.33. The summed E-state index contributed by atoms with van der Waals surface area (Å²) in [6, 6.07) is 3.99. The number of non-ortho nitro benzene ring substituents is 1. The molecular formula is C13H14N4O4S. The zero-order valence-corrected chi connectivity index (χ0v) is 12.4. The molecule has 3 rings (SSSR count). The number of fused-ring (bicyclic) bond motifs is 1. The Morgan fingerprint density at radius 3 is 2.64 bits per heavy atom. The lowest BCUT2D eigenvalue weighted by Crippen LogP contribution is -2.36. The molecule has 2 heterocycles.